The van der Waals surface area contributed by atoms with Crippen LogP contribution in [0.25, 0.3) is 0 Å². The zero-order chi connectivity index (χ0) is 23.3. The van der Waals surface area contributed by atoms with Gasteiger partial charge in [-0.1, -0.05) is 20.8 Å². The maximum absolute atomic E-state index is 12.0. The van der Waals surface area contributed by atoms with Gasteiger partial charge in [0, 0.05) is 6.42 Å². The van der Waals surface area contributed by atoms with Crippen LogP contribution in [0.5, 0.6) is 0 Å². The number of carbonyl (C=O) groups excluding carboxylic acids is 1. The number of amides is 1. The topological polar surface area (TPSA) is 107 Å². The number of hydrogen-bond donors (Lipinski definition) is 4. The number of carboxylic acids is 1. The van der Waals surface area contributed by atoms with E-state index in [9.17, 15) is 19.8 Å². The van der Waals surface area contributed by atoms with Gasteiger partial charge in [-0.15, -0.1) is 0 Å². The van der Waals surface area contributed by atoms with Crippen molar-refractivity contribution in [3.05, 3.63) is 0 Å². The number of fused-ring (bicyclic) bond motifs is 5. The fourth-order valence-electron chi connectivity index (χ4n) is 9.00. The Kier molecular flexibility index (Phi) is 6.68. The van der Waals surface area contributed by atoms with Crippen molar-refractivity contribution in [3.8, 4) is 0 Å². The highest BCUT2D eigenvalue weighted by Gasteiger charge is 2.62. The number of hydrogen-bond acceptors (Lipinski definition) is 4. The maximum atomic E-state index is 12.0. The molecule has 4 aliphatic rings. The normalized spacial score (nSPS) is 46.5. The second kappa shape index (κ2) is 8.90. The van der Waals surface area contributed by atoms with E-state index >= 15 is 0 Å². The van der Waals surface area contributed by atoms with Crippen molar-refractivity contribution in [1.82, 2.24) is 5.32 Å². The van der Waals surface area contributed by atoms with Crippen molar-refractivity contribution < 1.29 is 24.9 Å². The molecular formula is C26H43NO5. The largest absolute Gasteiger partial charge is 0.480 e. The van der Waals surface area contributed by atoms with Gasteiger partial charge in [0.25, 0.3) is 0 Å². The lowest BCUT2D eigenvalue weighted by molar-refractivity contribution is -0.174. The first-order chi connectivity index (χ1) is 15.1. The Bertz CT molecular complexity index is 727. The summed E-state index contributed by atoms with van der Waals surface area (Å²) in [6, 6.07) is 0. The summed E-state index contributed by atoms with van der Waals surface area (Å²) in [7, 11) is 0. The minimum atomic E-state index is -1.01. The van der Waals surface area contributed by atoms with Crippen molar-refractivity contribution in [3.63, 3.8) is 0 Å². The number of nitrogens with one attached hydrogen (secondary N) is 1. The third-order valence-corrected chi connectivity index (χ3v) is 10.7. The van der Waals surface area contributed by atoms with Gasteiger partial charge in [-0.2, -0.15) is 0 Å². The molecule has 0 aliphatic heterocycles. The molecule has 4 fully saturated rings. The molecule has 0 aromatic carbocycles. The van der Waals surface area contributed by atoms with Crippen LogP contribution in [0.2, 0.25) is 0 Å². The summed E-state index contributed by atoms with van der Waals surface area (Å²) in [6.45, 7) is 6.83. The Hall–Kier alpha value is -1.14. The monoisotopic (exact) mass is 449 g/mol. The highest BCUT2D eigenvalue weighted by molar-refractivity contribution is 5.81. The number of aliphatic carboxylic acids is 1. The molecule has 10 atom stereocenters. The van der Waals surface area contributed by atoms with Gasteiger partial charge in [-0.05, 0) is 104 Å². The van der Waals surface area contributed by atoms with Gasteiger partial charge in [0.15, 0.2) is 0 Å². The highest BCUT2D eigenvalue weighted by Crippen LogP contribution is 2.68. The average Bonchev–Trinajstić information content (AvgIpc) is 3.09. The van der Waals surface area contributed by atoms with Crippen LogP contribution in [0.4, 0.5) is 0 Å². The van der Waals surface area contributed by atoms with E-state index in [0.29, 0.717) is 41.9 Å². The van der Waals surface area contributed by atoms with Crippen molar-refractivity contribution in [2.45, 2.75) is 97.2 Å². The second-order valence-electron chi connectivity index (χ2n) is 12.1. The molecule has 4 saturated carbocycles. The van der Waals surface area contributed by atoms with E-state index in [2.05, 4.69) is 26.1 Å². The third kappa shape index (κ3) is 4.11. The maximum Gasteiger partial charge on any atom is 0.322 e. The fraction of sp³-hybridized carbons (Fsp3) is 0.923. The second-order valence-corrected chi connectivity index (χ2v) is 12.1. The van der Waals surface area contributed by atoms with E-state index in [1.54, 1.807) is 0 Å². The molecular weight excluding hydrogens is 406 g/mol. The first-order valence-electron chi connectivity index (χ1n) is 12.9. The summed E-state index contributed by atoms with van der Waals surface area (Å²) in [4.78, 5) is 22.7. The molecule has 0 heterocycles. The summed E-state index contributed by atoms with van der Waals surface area (Å²) in [5.74, 6) is 1.66. The lowest BCUT2D eigenvalue weighted by Crippen LogP contribution is -2.58. The summed E-state index contributed by atoms with van der Waals surface area (Å²) >= 11 is 0. The van der Waals surface area contributed by atoms with Crippen LogP contribution in [0.3, 0.4) is 0 Å². The van der Waals surface area contributed by atoms with E-state index in [0.717, 1.165) is 44.9 Å². The lowest BCUT2D eigenvalue weighted by Gasteiger charge is -2.62. The first-order valence-corrected chi connectivity index (χ1v) is 12.9. The lowest BCUT2D eigenvalue weighted by atomic mass is 9.43. The first kappa shape index (κ1) is 24.0. The fourth-order valence-corrected chi connectivity index (χ4v) is 9.00. The number of carboxylic acid groups (broad SMARTS) is 1. The molecule has 182 valence electrons. The molecule has 32 heavy (non-hydrogen) atoms. The molecule has 4 N–H and O–H groups in total. The Labute approximate surface area is 192 Å². The van der Waals surface area contributed by atoms with Gasteiger partial charge in [-0.25, -0.2) is 0 Å². The predicted octanol–water partition coefficient (Wildman–Crippen LogP) is 3.59. The molecule has 5 unspecified atom stereocenters. The van der Waals surface area contributed by atoms with Crippen LogP contribution in [0.1, 0.15) is 85.0 Å². The Morgan fingerprint density at radius 1 is 1.00 bits per heavy atom. The third-order valence-electron chi connectivity index (χ3n) is 10.7. The summed E-state index contributed by atoms with van der Waals surface area (Å²) in [5, 5.41) is 32.8. The number of aliphatic hydroxyl groups is 2. The average molecular weight is 450 g/mol. The van der Waals surface area contributed by atoms with Crippen molar-refractivity contribution >= 4 is 11.9 Å². The Morgan fingerprint density at radius 3 is 2.41 bits per heavy atom. The van der Waals surface area contributed by atoms with E-state index < -0.39 is 5.97 Å². The molecule has 0 saturated heterocycles. The van der Waals surface area contributed by atoms with Gasteiger partial charge >= 0.3 is 5.97 Å². The van der Waals surface area contributed by atoms with Crippen molar-refractivity contribution in [2.75, 3.05) is 6.54 Å². The minimum absolute atomic E-state index is 0.177. The van der Waals surface area contributed by atoms with Gasteiger partial charge in [0.05, 0.1) is 12.2 Å². The van der Waals surface area contributed by atoms with Crippen LogP contribution < -0.4 is 5.32 Å². The van der Waals surface area contributed by atoms with Crippen molar-refractivity contribution in [1.29, 1.82) is 0 Å². The summed E-state index contributed by atoms with van der Waals surface area (Å²) in [5.41, 5.74) is 0.451. The van der Waals surface area contributed by atoms with Crippen molar-refractivity contribution in [2.24, 2.45) is 46.3 Å². The van der Waals surface area contributed by atoms with Crippen LogP contribution in [0, 0.1) is 46.3 Å². The standard InChI is InChI=1S/C26H43NO5/c1-15(4-7-22(30)27-14-23(31)32)18-5-6-19-24-20(9-11-26(18,19)3)25(2)10-8-17(28)12-16(25)13-21(24)29/h15-21,24,28-29H,4-14H2,1-3H3,(H,27,30)(H,31,32)/t15?,16?,17-,18-,19?,20?,21-,24?,25+,26-/m1/s1. The number of rotatable bonds is 6. The van der Waals surface area contributed by atoms with Crippen LogP contribution in [0.15, 0.2) is 0 Å². The van der Waals surface area contributed by atoms with E-state index in [1.807, 2.05) is 0 Å². The molecule has 0 spiro atoms. The molecule has 0 aromatic heterocycles. The van der Waals surface area contributed by atoms with E-state index in [4.69, 9.17) is 5.11 Å². The Morgan fingerprint density at radius 2 is 1.69 bits per heavy atom. The van der Waals surface area contributed by atoms with Gasteiger partial charge < -0.3 is 20.6 Å². The number of aliphatic hydroxyl groups excluding tert-OH is 2. The number of carbonyl (C=O) groups is 2. The van der Waals surface area contributed by atoms with Crippen LogP contribution >= 0.6 is 0 Å². The van der Waals surface area contributed by atoms with Crippen LogP contribution in [-0.4, -0.2) is 45.9 Å². The summed E-state index contributed by atoms with van der Waals surface area (Å²) < 4.78 is 0. The quantitative estimate of drug-likeness (QED) is 0.496. The molecule has 6 nitrogen and oxygen atoms in total. The molecule has 6 heteroatoms. The van der Waals surface area contributed by atoms with Gasteiger partial charge in [0.1, 0.15) is 6.54 Å². The highest BCUT2D eigenvalue weighted by atomic mass is 16.4. The zero-order valence-corrected chi connectivity index (χ0v) is 20.1. The molecule has 4 rings (SSSR count). The van der Waals surface area contributed by atoms with E-state index in [-0.39, 0.29) is 35.5 Å². The summed E-state index contributed by atoms with van der Waals surface area (Å²) in [6.07, 6.45) is 9.06. The molecule has 0 radical (unpaired) electrons. The smallest absolute Gasteiger partial charge is 0.322 e. The van der Waals surface area contributed by atoms with Crippen LogP contribution in [-0.2, 0) is 9.59 Å². The molecule has 4 aliphatic carbocycles. The minimum Gasteiger partial charge on any atom is -0.480 e. The van der Waals surface area contributed by atoms with Gasteiger partial charge in [-0.3, -0.25) is 9.59 Å². The molecule has 1 amide bonds. The van der Waals surface area contributed by atoms with E-state index in [1.165, 1.54) is 12.8 Å². The van der Waals surface area contributed by atoms with Gasteiger partial charge in [0.2, 0.25) is 5.91 Å². The molecule has 0 bridgehead atoms. The molecule has 0 aromatic rings. The SMILES string of the molecule is CC(CCC(=O)NCC(=O)O)[C@H]1CCC2C3C(CC[C@@]21C)[C@@]1(C)CC[C@@H](O)CC1C[C@H]3O. The zero-order valence-electron chi connectivity index (χ0n) is 20.1. The predicted molar refractivity (Wildman–Crippen MR) is 122 cm³/mol. The Balaban J connectivity index is 1.44.